The number of aliphatic hydroxyl groups is 1. The van der Waals surface area contributed by atoms with Gasteiger partial charge in [-0.05, 0) is 105 Å². The molecule has 0 aromatic rings. The number of carbonyl (C=O) groups is 2. The quantitative estimate of drug-likeness (QED) is 0.473. The van der Waals surface area contributed by atoms with Crippen LogP contribution in [0.3, 0.4) is 0 Å². The smallest absolute Gasteiger partial charge is 0.222 e. The van der Waals surface area contributed by atoms with Crippen molar-refractivity contribution in [2.75, 3.05) is 19.6 Å². The van der Waals surface area contributed by atoms with Gasteiger partial charge in [0.25, 0.3) is 0 Å². The molecule has 1 saturated heterocycles. The fourth-order valence-corrected chi connectivity index (χ4v) is 10.1. The van der Waals surface area contributed by atoms with Crippen molar-refractivity contribution >= 4 is 11.8 Å². The highest BCUT2D eigenvalue weighted by molar-refractivity contribution is 5.78. The summed E-state index contributed by atoms with van der Waals surface area (Å²) < 4.78 is 0. The van der Waals surface area contributed by atoms with E-state index in [0.717, 1.165) is 49.4 Å². The highest BCUT2D eigenvalue weighted by Crippen LogP contribution is 2.67. The summed E-state index contributed by atoms with van der Waals surface area (Å²) in [7, 11) is 0. The van der Waals surface area contributed by atoms with E-state index in [1.165, 1.54) is 32.1 Å². The van der Waals surface area contributed by atoms with E-state index >= 15 is 0 Å². The van der Waals surface area contributed by atoms with Gasteiger partial charge in [-0.15, -0.1) is 0 Å². The standard InChI is InChI=1S/C32H52N2O3/c1-6-29(36)34-18-17-33(20-22(34)3)30(37)12-7-21(2)26-10-11-27-25-9-8-23-19-24(35)13-15-31(23,4)28(25)14-16-32(26,27)5/h8,21-22,24-28,35H,6-7,9-20H2,1-5H3/t21?,22?,24-,25-,26+,27-,28-,31-,32+/m0/s1. The number of fused-ring (bicyclic) bond motifs is 5. The first-order valence-corrected chi connectivity index (χ1v) is 15.5. The molecule has 2 amide bonds. The summed E-state index contributed by atoms with van der Waals surface area (Å²) in [4.78, 5) is 29.3. The molecule has 4 aliphatic carbocycles. The van der Waals surface area contributed by atoms with E-state index in [4.69, 9.17) is 0 Å². The average Bonchev–Trinajstić information content (AvgIpc) is 3.24. The third kappa shape index (κ3) is 4.70. The van der Waals surface area contributed by atoms with E-state index in [1.807, 2.05) is 16.7 Å². The van der Waals surface area contributed by atoms with Crippen molar-refractivity contribution < 1.29 is 14.7 Å². The highest BCUT2D eigenvalue weighted by atomic mass is 16.3. The van der Waals surface area contributed by atoms with Crippen LogP contribution in [0.1, 0.15) is 105 Å². The van der Waals surface area contributed by atoms with Gasteiger partial charge in [-0.1, -0.05) is 39.3 Å². The van der Waals surface area contributed by atoms with Gasteiger partial charge in [-0.25, -0.2) is 0 Å². The van der Waals surface area contributed by atoms with E-state index in [1.54, 1.807) is 5.57 Å². The number of carbonyl (C=O) groups excluding carboxylic acids is 2. The lowest BCUT2D eigenvalue weighted by atomic mass is 9.47. The number of allylic oxidation sites excluding steroid dienone is 1. The predicted octanol–water partition coefficient (Wildman–Crippen LogP) is 5.81. The molecule has 2 unspecified atom stereocenters. The van der Waals surface area contributed by atoms with Gasteiger partial charge in [0.1, 0.15) is 0 Å². The maximum Gasteiger partial charge on any atom is 0.222 e. The van der Waals surface area contributed by atoms with E-state index < -0.39 is 0 Å². The Balaban J connectivity index is 1.19. The van der Waals surface area contributed by atoms with Gasteiger partial charge >= 0.3 is 0 Å². The first kappa shape index (κ1) is 27.2. The maximum atomic E-state index is 13.2. The second-order valence-corrected chi connectivity index (χ2v) is 14.0. The van der Waals surface area contributed by atoms with E-state index in [2.05, 4.69) is 33.8 Å². The van der Waals surface area contributed by atoms with Crippen molar-refractivity contribution in [1.29, 1.82) is 0 Å². The van der Waals surface area contributed by atoms with Crippen molar-refractivity contribution in [3.63, 3.8) is 0 Å². The zero-order chi connectivity index (χ0) is 26.5. The number of piperazine rings is 1. The van der Waals surface area contributed by atoms with Crippen molar-refractivity contribution in [2.24, 2.45) is 40.4 Å². The second-order valence-electron chi connectivity index (χ2n) is 14.0. The molecule has 4 fully saturated rings. The van der Waals surface area contributed by atoms with Crippen LogP contribution in [0.2, 0.25) is 0 Å². The molecule has 37 heavy (non-hydrogen) atoms. The summed E-state index contributed by atoms with van der Waals surface area (Å²) in [5, 5.41) is 10.3. The Morgan fingerprint density at radius 3 is 2.59 bits per heavy atom. The summed E-state index contributed by atoms with van der Waals surface area (Å²) in [6.07, 6.45) is 14.2. The SMILES string of the molecule is CCC(=O)N1CCN(C(=O)CCC(C)[C@H]2CC[C@H]3[C@@H]4CC=C5C[C@@H](O)CC[C@]5(C)[C@H]4CC[C@]23C)CC1C. The van der Waals surface area contributed by atoms with E-state index in [9.17, 15) is 14.7 Å². The largest absolute Gasteiger partial charge is 0.393 e. The Kier molecular flexibility index (Phi) is 7.59. The van der Waals surface area contributed by atoms with Crippen LogP contribution >= 0.6 is 0 Å². The van der Waals surface area contributed by atoms with Gasteiger partial charge in [-0.3, -0.25) is 9.59 Å². The minimum atomic E-state index is -0.130. The number of amides is 2. The highest BCUT2D eigenvalue weighted by Gasteiger charge is 2.59. The van der Waals surface area contributed by atoms with Gasteiger partial charge in [0.15, 0.2) is 0 Å². The van der Waals surface area contributed by atoms with Crippen molar-refractivity contribution in [3.05, 3.63) is 11.6 Å². The molecule has 0 aromatic carbocycles. The van der Waals surface area contributed by atoms with Gasteiger partial charge < -0.3 is 14.9 Å². The summed E-state index contributed by atoms with van der Waals surface area (Å²) in [5.74, 6) is 4.16. The van der Waals surface area contributed by atoms with Crippen LogP contribution in [0, 0.1) is 40.4 Å². The average molecular weight is 513 g/mol. The predicted molar refractivity (Wildman–Crippen MR) is 148 cm³/mol. The van der Waals surface area contributed by atoms with Crippen LogP contribution in [0.4, 0.5) is 0 Å². The molecule has 1 heterocycles. The summed E-state index contributed by atoms with van der Waals surface area (Å²) in [6, 6.07) is 0.117. The molecule has 1 aliphatic heterocycles. The van der Waals surface area contributed by atoms with Crippen LogP contribution in [0.25, 0.3) is 0 Å². The van der Waals surface area contributed by atoms with Gasteiger partial charge in [-0.2, -0.15) is 0 Å². The van der Waals surface area contributed by atoms with E-state index in [-0.39, 0.29) is 24.0 Å². The molecular weight excluding hydrogens is 460 g/mol. The number of hydrogen-bond acceptors (Lipinski definition) is 3. The van der Waals surface area contributed by atoms with Crippen LogP contribution in [-0.4, -0.2) is 58.5 Å². The lowest BCUT2D eigenvalue weighted by molar-refractivity contribution is -0.142. The zero-order valence-electron chi connectivity index (χ0n) is 24.2. The zero-order valence-corrected chi connectivity index (χ0v) is 24.2. The molecule has 0 bridgehead atoms. The summed E-state index contributed by atoms with van der Waals surface area (Å²) >= 11 is 0. The molecule has 5 heteroatoms. The first-order valence-electron chi connectivity index (χ1n) is 15.5. The molecule has 5 rings (SSSR count). The molecule has 1 N–H and O–H groups in total. The summed E-state index contributed by atoms with van der Waals surface area (Å²) in [5.41, 5.74) is 2.27. The number of nitrogens with zero attached hydrogens (tertiary/aromatic N) is 2. The molecule has 5 aliphatic rings. The topological polar surface area (TPSA) is 60.9 Å². The van der Waals surface area contributed by atoms with Crippen molar-refractivity contribution in [2.45, 2.75) is 117 Å². The number of aliphatic hydroxyl groups excluding tert-OH is 1. The number of rotatable bonds is 5. The lowest BCUT2D eigenvalue weighted by Gasteiger charge is -2.58. The van der Waals surface area contributed by atoms with Crippen LogP contribution in [0.15, 0.2) is 11.6 Å². The molecule has 3 saturated carbocycles. The molecule has 9 atom stereocenters. The third-order valence-electron chi connectivity index (χ3n) is 12.3. The molecule has 0 aromatic heterocycles. The second kappa shape index (κ2) is 10.3. The van der Waals surface area contributed by atoms with E-state index in [0.29, 0.717) is 49.2 Å². The molecule has 0 radical (unpaired) electrons. The molecule has 5 nitrogen and oxygen atoms in total. The summed E-state index contributed by atoms with van der Waals surface area (Å²) in [6.45, 7) is 13.6. The third-order valence-corrected chi connectivity index (χ3v) is 12.3. The number of hydrogen-bond donors (Lipinski definition) is 1. The first-order chi connectivity index (χ1) is 17.6. The Morgan fingerprint density at radius 2 is 1.86 bits per heavy atom. The fraction of sp³-hybridized carbons (Fsp3) is 0.875. The molecule has 0 spiro atoms. The minimum absolute atomic E-state index is 0.117. The monoisotopic (exact) mass is 512 g/mol. The minimum Gasteiger partial charge on any atom is -0.393 e. The Bertz CT molecular complexity index is 916. The van der Waals surface area contributed by atoms with Gasteiger partial charge in [0, 0.05) is 38.5 Å². The Morgan fingerprint density at radius 1 is 1.08 bits per heavy atom. The van der Waals surface area contributed by atoms with Crippen LogP contribution in [0.5, 0.6) is 0 Å². The molecular formula is C32H52N2O3. The molecule has 208 valence electrons. The Hall–Kier alpha value is -1.36. The van der Waals surface area contributed by atoms with Gasteiger partial charge in [0.2, 0.25) is 11.8 Å². The van der Waals surface area contributed by atoms with Crippen LogP contribution < -0.4 is 0 Å². The fourth-order valence-electron chi connectivity index (χ4n) is 10.1. The maximum absolute atomic E-state index is 13.2. The normalized spacial score (nSPS) is 42.4. The van der Waals surface area contributed by atoms with Crippen molar-refractivity contribution in [3.8, 4) is 0 Å². The van der Waals surface area contributed by atoms with Crippen molar-refractivity contribution in [1.82, 2.24) is 9.80 Å². The van der Waals surface area contributed by atoms with Gasteiger partial charge in [0.05, 0.1) is 6.10 Å². The van der Waals surface area contributed by atoms with Crippen LogP contribution in [-0.2, 0) is 9.59 Å². The lowest BCUT2D eigenvalue weighted by Crippen LogP contribution is -2.55. The Labute approximate surface area is 225 Å².